The Morgan fingerprint density at radius 2 is 2.13 bits per heavy atom. The fourth-order valence-electron chi connectivity index (χ4n) is 1.03. The van der Waals surface area contributed by atoms with Crippen LogP contribution in [0.4, 0.5) is 0 Å². The fourth-order valence-corrected chi connectivity index (χ4v) is 1.03. The predicted molar refractivity (Wildman–Crippen MR) is 63.2 cm³/mol. The molecule has 0 saturated carbocycles. The van der Waals surface area contributed by atoms with Crippen molar-refractivity contribution in [3.05, 3.63) is 41.6 Å². The van der Waals surface area contributed by atoms with E-state index in [0.717, 1.165) is 0 Å². The first-order chi connectivity index (χ1) is 7.16. The zero-order valence-electron chi connectivity index (χ0n) is 9.16. The maximum Gasteiger partial charge on any atom is 0.249 e. The summed E-state index contributed by atoms with van der Waals surface area (Å²) in [6.07, 6.45) is 3.02. The third-order valence-electron chi connectivity index (χ3n) is 1.65. The molecular weight excluding hydrogens is 188 g/mol. The van der Waals surface area contributed by atoms with E-state index in [1.165, 1.54) is 6.08 Å². The summed E-state index contributed by atoms with van der Waals surface area (Å²) in [4.78, 5) is 14.9. The Balaban J connectivity index is 0.000000921. The number of nitrogens with two attached hydrogens (primary N) is 1. The Morgan fingerprint density at radius 1 is 1.53 bits per heavy atom. The summed E-state index contributed by atoms with van der Waals surface area (Å²) in [6, 6.07) is 3.45. The van der Waals surface area contributed by atoms with Gasteiger partial charge in [0.15, 0.2) is 0 Å². The second-order valence-corrected chi connectivity index (χ2v) is 2.48. The first-order valence-corrected chi connectivity index (χ1v) is 4.73. The molecule has 0 fully saturated rings. The molecule has 0 aliphatic carbocycles. The van der Waals surface area contributed by atoms with Gasteiger partial charge in [0.25, 0.3) is 0 Å². The van der Waals surface area contributed by atoms with Crippen molar-refractivity contribution in [2.45, 2.75) is 13.8 Å². The van der Waals surface area contributed by atoms with Crippen molar-refractivity contribution in [2.24, 2.45) is 5.73 Å². The molecule has 0 radical (unpaired) electrons. The summed E-state index contributed by atoms with van der Waals surface area (Å²) in [5.41, 5.74) is 5.49. The van der Waals surface area contributed by atoms with Gasteiger partial charge in [0.1, 0.15) is 0 Å². The molecule has 0 unspecified atom stereocenters. The molecule has 3 nitrogen and oxygen atoms in total. The van der Waals surface area contributed by atoms with Crippen molar-refractivity contribution in [2.75, 3.05) is 0 Å². The first-order valence-electron chi connectivity index (χ1n) is 4.73. The normalized spacial score (nSPS) is 10.8. The lowest BCUT2D eigenvalue weighted by atomic mass is 10.2. The van der Waals surface area contributed by atoms with Crippen LogP contribution in [0, 0.1) is 0 Å². The van der Waals surface area contributed by atoms with Crippen LogP contribution in [0.25, 0.3) is 12.2 Å². The number of carbonyl (C=O) groups excluding carboxylic acids is 1. The van der Waals surface area contributed by atoms with E-state index in [0.29, 0.717) is 16.1 Å². The van der Waals surface area contributed by atoms with Crippen molar-refractivity contribution in [1.82, 2.24) is 4.98 Å². The minimum absolute atomic E-state index is 0.345. The van der Waals surface area contributed by atoms with Gasteiger partial charge in [-0.3, -0.25) is 9.78 Å². The molecule has 0 aliphatic heterocycles. The average molecular weight is 204 g/mol. The van der Waals surface area contributed by atoms with Gasteiger partial charge in [-0.05, 0) is 6.07 Å². The Hall–Kier alpha value is -1.90. The largest absolute Gasteiger partial charge is 0.366 e. The third-order valence-corrected chi connectivity index (χ3v) is 1.65. The van der Waals surface area contributed by atoms with Crippen molar-refractivity contribution in [3.63, 3.8) is 0 Å². The maximum absolute atomic E-state index is 10.9. The van der Waals surface area contributed by atoms with Gasteiger partial charge >= 0.3 is 0 Å². The van der Waals surface area contributed by atoms with E-state index in [4.69, 9.17) is 5.73 Å². The van der Waals surface area contributed by atoms with Gasteiger partial charge in [0.05, 0.1) is 5.35 Å². The summed E-state index contributed by atoms with van der Waals surface area (Å²) in [7, 11) is 0. The molecule has 0 aliphatic rings. The highest BCUT2D eigenvalue weighted by Crippen LogP contribution is 1.89. The Morgan fingerprint density at radius 3 is 2.53 bits per heavy atom. The van der Waals surface area contributed by atoms with E-state index in [9.17, 15) is 4.79 Å². The van der Waals surface area contributed by atoms with Crippen molar-refractivity contribution >= 4 is 18.1 Å². The standard InChI is InChI=1S/C10H10N2O.C2H6/c1-3-8(10(11)13)9-5-4-6-12-7(9)2;1-2/h3-6H,1-2H2,(H2,11,13);1-2H3/b9-8+;. The highest BCUT2D eigenvalue weighted by molar-refractivity contribution is 6.15. The van der Waals surface area contributed by atoms with E-state index in [1.807, 2.05) is 13.8 Å². The molecule has 2 N–H and O–H groups in total. The van der Waals surface area contributed by atoms with E-state index in [2.05, 4.69) is 18.1 Å². The Bertz CT molecular complexity index is 449. The molecule has 0 saturated heterocycles. The number of nitrogens with zero attached hydrogens (tertiary/aromatic N) is 1. The van der Waals surface area contributed by atoms with Gasteiger partial charge in [0.2, 0.25) is 5.91 Å². The van der Waals surface area contributed by atoms with Crippen LogP contribution in [0.5, 0.6) is 0 Å². The highest BCUT2D eigenvalue weighted by atomic mass is 16.1. The average Bonchev–Trinajstić information content (AvgIpc) is 2.24. The zero-order chi connectivity index (χ0) is 11.8. The first kappa shape index (κ1) is 13.1. The van der Waals surface area contributed by atoms with Crippen LogP contribution < -0.4 is 16.3 Å². The van der Waals surface area contributed by atoms with Crippen molar-refractivity contribution in [1.29, 1.82) is 0 Å². The lowest BCUT2D eigenvalue weighted by Crippen LogP contribution is -2.32. The second-order valence-electron chi connectivity index (χ2n) is 2.48. The molecule has 1 heterocycles. The lowest BCUT2D eigenvalue weighted by molar-refractivity contribution is -0.112. The monoisotopic (exact) mass is 204 g/mol. The number of primary amides is 1. The second kappa shape index (κ2) is 6.54. The van der Waals surface area contributed by atoms with Crippen molar-refractivity contribution < 1.29 is 4.79 Å². The van der Waals surface area contributed by atoms with E-state index >= 15 is 0 Å². The van der Waals surface area contributed by atoms with Crippen LogP contribution in [0.15, 0.2) is 31.0 Å². The Kier molecular flexibility index (Phi) is 5.71. The van der Waals surface area contributed by atoms with E-state index in [-0.39, 0.29) is 0 Å². The van der Waals surface area contributed by atoms with Crippen LogP contribution >= 0.6 is 0 Å². The molecule has 15 heavy (non-hydrogen) atoms. The number of amides is 1. The van der Waals surface area contributed by atoms with Crippen LogP contribution in [0.2, 0.25) is 0 Å². The van der Waals surface area contributed by atoms with Crippen LogP contribution in [0.3, 0.4) is 0 Å². The quantitative estimate of drug-likeness (QED) is 0.755. The van der Waals surface area contributed by atoms with Crippen LogP contribution in [-0.4, -0.2) is 10.9 Å². The molecule has 1 rings (SSSR count). The molecule has 0 atom stereocenters. The molecule has 0 aromatic carbocycles. The molecule has 80 valence electrons. The van der Waals surface area contributed by atoms with Crippen LogP contribution in [-0.2, 0) is 4.79 Å². The summed E-state index contributed by atoms with van der Waals surface area (Å²) in [6.45, 7) is 11.2. The number of pyridine rings is 1. The molecule has 1 aromatic heterocycles. The van der Waals surface area contributed by atoms with Gasteiger partial charge in [-0.2, -0.15) is 0 Å². The van der Waals surface area contributed by atoms with Gasteiger partial charge in [-0.25, -0.2) is 0 Å². The SMILES string of the molecule is C=C/C(C(N)=O)=c1/cccnc1=C.CC. The zero-order valence-corrected chi connectivity index (χ0v) is 9.16. The van der Waals surface area contributed by atoms with Gasteiger partial charge < -0.3 is 5.73 Å². The Labute approximate surface area is 89.6 Å². The fraction of sp³-hybridized carbons (Fsp3) is 0.167. The minimum atomic E-state index is -0.520. The van der Waals surface area contributed by atoms with E-state index in [1.54, 1.807) is 18.3 Å². The van der Waals surface area contributed by atoms with Crippen LogP contribution in [0.1, 0.15) is 13.8 Å². The summed E-state index contributed by atoms with van der Waals surface area (Å²) >= 11 is 0. The lowest BCUT2D eigenvalue weighted by Gasteiger charge is -1.94. The summed E-state index contributed by atoms with van der Waals surface area (Å²) in [5.74, 6) is -0.520. The molecule has 1 aromatic rings. The molecule has 1 amide bonds. The molecular formula is C12H16N2O. The minimum Gasteiger partial charge on any atom is -0.366 e. The topological polar surface area (TPSA) is 56.0 Å². The number of rotatable bonds is 2. The number of aromatic nitrogens is 1. The maximum atomic E-state index is 10.9. The molecule has 3 heteroatoms. The number of hydrogen-bond acceptors (Lipinski definition) is 2. The third kappa shape index (κ3) is 3.38. The predicted octanol–water partition coefficient (Wildman–Crippen LogP) is 0.340. The van der Waals surface area contributed by atoms with Gasteiger partial charge in [-0.1, -0.05) is 39.1 Å². The number of hydrogen-bond donors (Lipinski definition) is 1. The van der Waals surface area contributed by atoms with Gasteiger partial charge in [-0.15, -0.1) is 0 Å². The summed E-state index contributed by atoms with van der Waals surface area (Å²) in [5, 5.41) is 1.15. The molecule has 0 bridgehead atoms. The van der Waals surface area contributed by atoms with E-state index < -0.39 is 5.91 Å². The number of carbonyl (C=O) groups is 1. The van der Waals surface area contributed by atoms with Gasteiger partial charge in [0, 0.05) is 17.0 Å². The highest BCUT2D eigenvalue weighted by Gasteiger charge is 2.00. The summed E-state index contributed by atoms with van der Waals surface area (Å²) < 4.78 is 0. The van der Waals surface area contributed by atoms with Crippen molar-refractivity contribution in [3.8, 4) is 0 Å². The smallest absolute Gasteiger partial charge is 0.249 e. The molecule has 0 spiro atoms.